The molecule has 3 aromatic rings. The van der Waals surface area contributed by atoms with Gasteiger partial charge in [0.15, 0.2) is 0 Å². The van der Waals surface area contributed by atoms with Gasteiger partial charge in [0.05, 0.1) is 22.5 Å². The fourth-order valence-corrected chi connectivity index (χ4v) is 2.81. The maximum absolute atomic E-state index is 12.1. The Morgan fingerprint density at radius 3 is 2.74 bits per heavy atom. The molecule has 0 saturated heterocycles. The van der Waals surface area contributed by atoms with Crippen LogP contribution in [-0.2, 0) is 0 Å². The van der Waals surface area contributed by atoms with E-state index in [2.05, 4.69) is 10.4 Å². The lowest BCUT2D eigenvalue weighted by Gasteiger charge is -2.08. The molecule has 116 valence electrons. The second-order valence-corrected chi connectivity index (χ2v) is 5.79. The first-order valence-corrected chi connectivity index (χ1v) is 7.67. The smallest absolute Gasteiger partial charge is 0.339 e. The number of hydrogen-bond donors (Lipinski definition) is 2. The zero-order valence-corrected chi connectivity index (χ0v) is 13.0. The first-order chi connectivity index (χ1) is 11.1. The van der Waals surface area contributed by atoms with Crippen LogP contribution < -0.4 is 5.32 Å². The van der Waals surface area contributed by atoms with Gasteiger partial charge in [-0.25, -0.2) is 9.48 Å². The van der Waals surface area contributed by atoms with E-state index < -0.39 is 5.97 Å². The van der Waals surface area contributed by atoms with Crippen molar-refractivity contribution in [3.8, 4) is 5.69 Å². The van der Waals surface area contributed by atoms with Crippen LogP contribution in [0.4, 0.5) is 5.69 Å². The third kappa shape index (κ3) is 3.00. The number of hydrogen-bond acceptors (Lipinski definition) is 4. The van der Waals surface area contributed by atoms with Crippen LogP contribution in [-0.4, -0.2) is 26.8 Å². The predicted octanol–water partition coefficient (Wildman–Crippen LogP) is 3.19. The normalized spacial score (nSPS) is 10.5. The summed E-state index contributed by atoms with van der Waals surface area (Å²) in [4.78, 5) is 23.8. The molecule has 0 saturated carbocycles. The zero-order valence-electron chi connectivity index (χ0n) is 12.2. The van der Waals surface area contributed by atoms with E-state index in [1.807, 2.05) is 11.4 Å². The minimum absolute atomic E-state index is 0.151. The van der Waals surface area contributed by atoms with Crippen molar-refractivity contribution >= 4 is 28.9 Å². The lowest BCUT2D eigenvalue weighted by Crippen LogP contribution is -2.10. The van der Waals surface area contributed by atoms with Gasteiger partial charge in [0.2, 0.25) is 0 Å². The zero-order chi connectivity index (χ0) is 16.4. The maximum Gasteiger partial charge on any atom is 0.339 e. The molecule has 7 heteroatoms. The Kier molecular flexibility index (Phi) is 3.94. The monoisotopic (exact) mass is 327 g/mol. The molecule has 0 radical (unpaired) electrons. The Morgan fingerprint density at radius 2 is 2.09 bits per heavy atom. The molecule has 0 unspecified atom stereocenters. The number of carboxylic acids is 1. The van der Waals surface area contributed by atoms with Crippen LogP contribution in [0.3, 0.4) is 0 Å². The molecule has 23 heavy (non-hydrogen) atoms. The fraction of sp³-hybridized carbons (Fsp3) is 0.0625. The van der Waals surface area contributed by atoms with E-state index in [0.717, 1.165) is 0 Å². The molecular weight excluding hydrogens is 314 g/mol. The van der Waals surface area contributed by atoms with Gasteiger partial charge >= 0.3 is 5.97 Å². The number of rotatable bonds is 4. The Hall–Kier alpha value is -2.93. The fourth-order valence-electron chi connectivity index (χ4n) is 2.20. The summed E-state index contributed by atoms with van der Waals surface area (Å²) >= 11 is 1.36. The maximum atomic E-state index is 12.1. The molecule has 0 atom stereocenters. The summed E-state index contributed by atoms with van der Waals surface area (Å²) in [6.45, 7) is 1.69. The highest BCUT2D eigenvalue weighted by Crippen LogP contribution is 2.19. The van der Waals surface area contributed by atoms with E-state index in [4.69, 9.17) is 5.11 Å². The summed E-state index contributed by atoms with van der Waals surface area (Å²) < 4.78 is 1.53. The summed E-state index contributed by atoms with van der Waals surface area (Å²) in [5.41, 5.74) is 1.98. The summed E-state index contributed by atoms with van der Waals surface area (Å²) in [7, 11) is 0. The number of carbonyl (C=O) groups excluding carboxylic acids is 1. The van der Waals surface area contributed by atoms with Crippen molar-refractivity contribution in [1.82, 2.24) is 9.78 Å². The van der Waals surface area contributed by atoms with Crippen molar-refractivity contribution < 1.29 is 14.7 Å². The Balaban J connectivity index is 1.88. The van der Waals surface area contributed by atoms with Crippen molar-refractivity contribution in [2.45, 2.75) is 6.92 Å². The summed E-state index contributed by atoms with van der Waals surface area (Å²) in [5, 5.41) is 17.9. The van der Waals surface area contributed by atoms with E-state index in [1.165, 1.54) is 22.2 Å². The third-order valence-electron chi connectivity index (χ3n) is 3.33. The van der Waals surface area contributed by atoms with E-state index in [0.29, 0.717) is 21.9 Å². The van der Waals surface area contributed by atoms with Crippen LogP contribution in [0.2, 0.25) is 0 Å². The number of amides is 1. The topological polar surface area (TPSA) is 84.2 Å². The van der Waals surface area contributed by atoms with E-state index in [1.54, 1.807) is 37.3 Å². The first kappa shape index (κ1) is 15.0. The molecule has 2 heterocycles. The molecular formula is C16H13N3O3S. The number of nitrogens with zero attached hydrogens (tertiary/aromatic N) is 2. The Labute approximate surface area is 136 Å². The number of aromatic carboxylic acids is 1. The second-order valence-electron chi connectivity index (χ2n) is 4.84. The number of carbonyl (C=O) groups is 2. The van der Waals surface area contributed by atoms with Crippen LogP contribution >= 0.6 is 11.3 Å². The SMILES string of the molecule is Cc1c(C(=O)O)cnn1-c1cccc(NC(=O)c2cccs2)c1. The molecule has 0 fully saturated rings. The standard InChI is InChI=1S/C16H13N3O3S/c1-10-13(16(21)22)9-17-19(10)12-5-2-4-11(8-12)18-15(20)14-6-3-7-23-14/h2-9H,1H3,(H,18,20)(H,21,22). The molecule has 0 aliphatic heterocycles. The van der Waals surface area contributed by atoms with E-state index in [-0.39, 0.29) is 11.5 Å². The molecule has 0 aliphatic carbocycles. The van der Waals surface area contributed by atoms with Gasteiger partial charge in [-0.15, -0.1) is 11.3 Å². The number of carboxylic acid groups (broad SMARTS) is 1. The van der Waals surface area contributed by atoms with Crippen molar-refractivity contribution in [2.24, 2.45) is 0 Å². The summed E-state index contributed by atoms with van der Waals surface area (Å²) in [6.07, 6.45) is 1.31. The van der Waals surface area contributed by atoms with Gasteiger partial charge in [-0.05, 0) is 36.6 Å². The largest absolute Gasteiger partial charge is 0.478 e. The average Bonchev–Trinajstić information content (AvgIpc) is 3.16. The Bertz CT molecular complexity index is 869. The highest BCUT2D eigenvalue weighted by molar-refractivity contribution is 7.12. The number of thiophene rings is 1. The highest BCUT2D eigenvalue weighted by Gasteiger charge is 2.14. The predicted molar refractivity (Wildman–Crippen MR) is 87.5 cm³/mol. The van der Waals surface area contributed by atoms with Gasteiger partial charge in [-0.1, -0.05) is 12.1 Å². The summed E-state index contributed by atoms with van der Waals surface area (Å²) in [6, 6.07) is 10.7. The molecule has 0 spiro atoms. The Morgan fingerprint density at radius 1 is 1.26 bits per heavy atom. The molecule has 3 rings (SSSR count). The number of anilines is 1. The highest BCUT2D eigenvalue weighted by atomic mass is 32.1. The van der Waals surface area contributed by atoms with Crippen LogP contribution in [0, 0.1) is 6.92 Å². The third-order valence-corrected chi connectivity index (χ3v) is 4.20. The molecule has 1 aromatic carbocycles. The number of benzene rings is 1. The van der Waals surface area contributed by atoms with Crippen LogP contribution in [0.5, 0.6) is 0 Å². The van der Waals surface area contributed by atoms with Crippen molar-refractivity contribution in [3.63, 3.8) is 0 Å². The van der Waals surface area contributed by atoms with Gasteiger partial charge in [0.1, 0.15) is 5.56 Å². The van der Waals surface area contributed by atoms with Crippen LogP contribution in [0.1, 0.15) is 25.7 Å². The van der Waals surface area contributed by atoms with E-state index in [9.17, 15) is 9.59 Å². The van der Waals surface area contributed by atoms with Gasteiger partial charge in [0, 0.05) is 5.69 Å². The lowest BCUT2D eigenvalue weighted by molar-refractivity contribution is 0.0696. The molecule has 2 aromatic heterocycles. The molecule has 2 N–H and O–H groups in total. The van der Waals surface area contributed by atoms with Gasteiger partial charge in [-0.3, -0.25) is 4.79 Å². The van der Waals surface area contributed by atoms with Gasteiger partial charge < -0.3 is 10.4 Å². The molecule has 6 nitrogen and oxygen atoms in total. The van der Waals surface area contributed by atoms with Gasteiger partial charge in [0.25, 0.3) is 5.91 Å². The average molecular weight is 327 g/mol. The number of nitrogens with one attached hydrogen (secondary N) is 1. The minimum atomic E-state index is -1.02. The van der Waals surface area contributed by atoms with Crippen molar-refractivity contribution in [2.75, 3.05) is 5.32 Å². The molecule has 1 amide bonds. The molecule has 0 aliphatic rings. The van der Waals surface area contributed by atoms with Crippen LogP contribution in [0.15, 0.2) is 48.0 Å². The summed E-state index contributed by atoms with van der Waals surface area (Å²) in [5.74, 6) is -1.20. The van der Waals surface area contributed by atoms with Gasteiger partial charge in [-0.2, -0.15) is 5.10 Å². The molecule has 0 bridgehead atoms. The van der Waals surface area contributed by atoms with Crippen LogP contribution in [0.25, 0.3) is 5.69 Å². The quantitative estimate of drug-likeness (QED) is 0.771. The van der Waals surface area contributed by atoms with Crippen molar-refractivity contribution in [3.05, 3.63) is 64.1 Å². The van der Waals surface area contributed by atoms with Crippen molar-refractivity contribution in [1.29, 1.82) is 0 Å². The first-order valence-electron chi connectivity index (χ1n) is 6.79. The lowest BCUT2D eigenvalue weighted by atomic mass is 10.2. The minimum Gasteiger partial charge on any atom is -0.478 e. The number of aromatic nitrogens is 2. The second kappa shape index (κ2) is 6.05. The van der Waals surface area contributed by atoms with E-state index >= 15 is 0 Å².